The Kier molecular flexibility index (Phi) is 4.94. The number of para-hydroxylation sites is 2. The maximum atomic E-state index is 12.1. The van der Waals surface area contributed by atoms with Gasteiger partial charge in [-0.25, -0.2) is 9.78 Å². The fourth-order valence-corrected chi connectivity index (χ4v) is 2.07. The summed E-state index contributed by atoms with van der Waals surface area (Å²) in [6.07, 6.45) is 1.63. The molecule has 1 aromatic carbocycles. The molecule has 2 amide bonds. The van der Waals surface area contributed by atoms with Gasteiger partial charge < -0.3 is 20.3 Å². The summed E-state index contributed by atoms with van der Waals surface area (Å²) in [6, 6.07) is 7.20. The molecule has 1 aromatic heterocycles. The first-order valence-electron chi connectivity index (χ1n) is 6.87. The molecule has 6 heteroatoms. The summed E-state index contributed by atoms with van der Waals surface area (Å²) in [6.45, 7) is 6.04. The molecule has 0 aliphatic carbocycles. The number of fused-ring (bicyclic) bond motifs is 1. The number of nitrogens with one attached hydrogen (secondary N) is 2. The number of hydrogen-bond acceptors (Lipinski definition) is 3. The summed E-state index contributed by atoms with van der Waals surface area (Å²) in [7, 11) is 0. The van der Waals surface area contributed by atoms with Gasteiger partial charge in [0.2, 0.25) is 0 Å². The van der Waals surface area contributed by atoms with Gasteiger partial charge in [0.25, 0.3) is 0 Å². The van der Waals surface area contributed by atoms with Crippen molar-refractivity contribution in [3.63, 3.8) is 0 Å². The fourth-order valence-electron chi connectivity index (χ4n) is 2.07. The minimum absolute atomic E-state index is 0.0831. The lowest BCUT2D eigenvalue weighted by molar-refractivity contribution is 0.180. The summed E-state index contributed by atoms with van der Waals surface area (Å²) in [5.41, 5.74) is 1.80. The van der Waals surface area contributed by atoms with Crippen LogP contribution in [0, 0.1) is 0 Å². The first-order valence-corrected chi connectivity index (χ1v) is 6.87. The molecule has 0 aliphatic heterocycles. The van der Waals surface area contributed by atoms with Gasteiger partial charge in [0.15, 0.2) is 0 Å². The second-order valence-electron chi connectivity index (χ2n) is 4.77. The van der Waals surface area contributed by atoms with E-state index in [1.165, 1.54) is 4.90 Å². The number of H-pyrrole nitrogens is 1. The molecule has 21 heavy (non-hydrogen) atoms. The smallest absolute Gasteiger partial charge is 0.318 e. The first kappa shape index (κ1) is 15.1. The average Bonchev–Trinajstić information content (AvgIpc) is 2.91. The lowest BCUT2D eigenvalue weighted by atomic mass is 10.3. The lowest BCUT2D eigenvalue weighted by Crippen LogP contribution is -2.42. The molecule has 0 aliphatic rings. The van der Waals surface area contributed by atoms with Crippen LogP contribution in [0.1, 0.15) is 18.8 Å². The highest BCUT2D eigenvalue weighted by Crippen LogP contribution is 2.15. The molecular formula is C15H20N4O2. The molecule has 0 spiro atoms. The Labute approximate surface area is 123 Å². The number of hydrogen-bond donors (Lipinski definition) is 3. The number of benzene rings is 1. The van der Waals surface area contributed by atoms with Crippen LogP contribution >= 0.6 is 0 Å². The highest BCUT2D eigenvalue weighted by molar-refractivity contribution is 5.76. The summed E-state index contributed by atoms with van der Waals surface area (Å²) in [5.74, 6) is 0.701. The summed E-state index contributed by atoms with van der Waals surface area (Å²) in [4.78, 5) is 21.3. The molecule has 1 atom stereocenters. The van der Waals surface area contributed by atoms with Crippen molar-refractivity contribution in [2.24, 2.45) is 0 Å². The summed E-state index contributed by atoms with van der Waals surface area (Å²) < 4.78 is 0. The van der Waals surface area contributed by atoms with Gasteiger partial charge in [0, 0.05) is 13.1 Å². The Morgan fingerprint density at radius 2 is 2.33 bits per heavy atom. The largest absolute Gasteiger partial charge is 0.395 e. The van der Waals surface area contributed by atoms with E-state index >= 15 is 0 Å². The molecule has 1 heterocycles. The maximum Gasteiger partial charge on any atom is 0.318 e. The minimum Gasteiger partial charge on any atom is -0.395 e. The zero-order valence-electron chi connectivity index (χ0n) is 12.0. The van der Waals surface area contributed by atoms with Gasteiger partial charge in [-0.15, -0.1) is 6.58 Å². The highest BCUT2D eigenvalue weighted by Gasteiger charge is 2.17. The number of urea groups is 1. The van der Waals surface area contributed by atoms with Crippen LogP contribution in [0.4, 0.5) is 4.79 Å². The normalized spacial score (nSPS) is 12.1. The number of amides is 2. The number of imidazole rings is 1. The Bertz CT molecular complexity index is 590. The quantitative estimate of drug-likeness (QED) is 0.709. The number of carbonyl (C=O) groups is 1. The Balaban J connectivity index is 2.07. The predicted octanol–water partition coefficient (Wildman–Crippen LogP) is 1.81. The van der Waals surface area contributed by atoms with E-state index in [0.29, 0.717) is 12.4 Å². The van der Waals surface area contributed by atoms with E-state index in [-0.39, 0.29) is 25.2 Å². The van der Waals surface area contributed by atoms with Crippen LogP contribution in [0.25, 0.3) is 11.0 Å². The molecule has 112 valence electrons. The van der Waals surface area contributed by atoms with Gasteiger partial charge in [-0.2, -0.15) is 0 Å². The molecule has 0 bridgehead atoms. The van der Waals surface area contributed by atoms with Crippen LogP contribution < -0.4 is 5.32 Å². The lowest BCUT2D eigenvalue weighted by Gasteiger charge is -2.22. The number of rotatable bonds is 6. The van der Waals surface area contributed by atoms with E-state index in [4.69, 9.17) is 5.11 Å². The number of nitrogens with zero attached hydrogens (tertiary/aromatic N) is 2. The summed E-state index contributed by atoms with van der Waals surface area (Å²) >= 11 is 0. The van der Waals surface area contributed by atoms with Crippen LogP contribution in [0.5, 0.6) is 0 Å². The van der Waals surface area contributed by atoms with Crippen molar-refractivity contribution in [1.29, 1.82) is 0 Å². The van der Waals surface area contributed by atoms with Crippen LogP contribution in [0.2, 0.25) is 0 Å². The van der Waals surface area contributed by atoms with Crippen LogP contribution in [0.15, 0.2) is 36.9 Å². The van der Waals surface area contributed by atoms with Crippen molar-refractivity contribution < 1.29 is 9.90 Å². The fraction of sp³-hybridized carbons (Fsp3) is 0.333. The van der Waals surface area contributed by atoms with E-state index in [1.807, 2.05) is 31.2 Å². The third-order valence-electron chi connectivity index (χ3n) is 3.16. The van der Waals surface area contributed by atoms with E-state index in [1.54, 1.807) is 6.08 Å². The van der Waals surface area contributed by atoms with E-state index in [0.717, 1.165) is 11.0 Å². The molecule has 0 fully saturated rings. The van der Waals surface area contributed by atoms with Crippen molar-refractivity contribution >= 4 is 17.1 Å². The molecule has 2 aromatic rings. The van der Waals surface area contributed by atoms with Gasteiger partial charge in [-0.1, -0.05) is 18.2 Å². The third kappa shape index (κ3) is 3.61. The minimum atomic E-state index is -0.254. The molecule has 3 N–H and O–H groups in total. The zero-order valence-corrected chi connectivity index (χ0v) is 12.0. The van der Waals surface area contributed by atoms with Gasteiger partial charge in [-0.05, 0) is 19.1 Å². The molecule has 6 nitrogen and oxygen atoms in total. The number of aromatic nitrogens is 2. The SMILES string of the molecule is C=CCN(CCO)C(=O)NC(C)c1nc2ccccc2[nH]1. The van der Waals surface area contributed by atoms with E-state index < -0.39 is 0 Å². The van der Waals surface area contributed by atoms with Crippen molar-refractivity contribution in [1.82, 2.24) is 20.2 Å². The monoisotopic (exact) mass is 288 g/mol. The maximum absolute atomic E-state index is 12.1. The molecule has 0 saturated heterocycles. The van der Waals surface area contributed by atoms with Gasteiger partial charge >= 0.3 is 6.03 Å². The Hall–Kier alpha value is -2.34. The second-order valence-corrected chi connectivity index (χ2v) is 4.77. The number of carbonyl (C=O) groups excluding carboxylic acids is 1. The van der Waals surface area contributed by atoms with Crippen LogP contribution in [-0.2, 0) is 0 Å². The molecular weight excluding hydrogens is 268 g/mol. The first-order chi connectivity index (χ1) is 10.2. The van der Waals surface area contributed by atoms with E-state index in [9.17, 15) is 4.79 Å². The van der Waals surface area contributed by atoms with E-state index in [2.05, 4.69) is 21.9 Å². The number of aliphatic hydroxyl groups is 1. The Morgan fingerprint density at radius 1 is 1.57 bits per heavy atom. The third-order valence-corrected chi connectivity index (χ3v) is 3.16. The van der Waals surface area contributed by atoms with Crippen molar-refractivity contribution in [2.45, 2.75) is 13.0 Å². The number of aliphatic hydroxyl groups excluding tert-OH is 1. The standard InChI is InChI=1S/C15H20N4O2/c1-3-8-19(9-10-20)15(21)16-11(2)14-17-12-6-4-5-7-13(12)18-14/h3-7,11,20H,1,8-10H2,2H3,(H,16,21)(H,17,18). The second kappa shape index (κ2) is 6.90. The topological polar surface area (TPSA) is 81.2 Å². The molecule has 1 unspecified atom stereocenters. The van der Waals surface area contributed by atoms with Gasteiger partial charge in [0.1, 0.15) is 5.82 Å². The van der Waals surface area contributed by atoms with Gasteiger partial charge in [-0.3, -0.25) is 0 Å². The zero-order chi connectivity index (χ0) is 15.2. The van der Waals surface area contributed by atoms with Crippen LogP contribution in [0.3, 0.4) is 0 Å². The van der Waals surface area contributed by atoms with Gasteiger partial charge in [0.05, 0.1) is 23.7 Å². The molecule has 2 rings (SSSR count). The molecule has 0 radical (unpaired) electrons. The van der Waals surface area contributed by atoms with Crippen molar-refractivity contribution in [3.8, 4) is 0 Å². The van der Waals surface area contributed by atoms with Crippen LogP contribution in [-0.4, -0.2) is 45.7 Å². The Morgan fingerprint density at radius 3 is 3.00 bits per heavy atom. The predicted molar refractivity (Wildman–Crippen MR) is 81.9 cm³/mol. The van der Waals surface area contributed by atoms with Crippen molar-refractivity contribution in [3.05, 3.63) is 42.7 Å². The van der Waals surface area contributed by atoms with Crippen molar-refractivity contribution in [2.75, 3.05) is 19.7 Å². The average molecular weight is 288 g/mol. The molecule has 0 saturated carbocycles. The highest BCUT2D eigenvalue weighted by atomic mass is 16.3. The number of aromatic amines is 1. The summed E-state index contributed by atoms with van der Waals surface area (Å²) in [5, 5.41) is 11.8.